The molecule has 1 nitrogen and oxygen atoms in total. The summed E-state index contributed by atoms with van der Waals surface area (Å²) in [6.45, 7) is 11.3. The summed E-state index contributed by atoms with van der Waals surface area (Å²) >= 11 is 0. The number of allylic oxidation sites excluding steroid dienone is 1. The van der Waals surface area contributed by atoms with E-state index in [2.05, 4.69) is 6.58 Å². The molecule has 1 unspecified atom stereocenters. The first kappa shape index (κ1) is 10.4. The Hall–Kier alpha value is -0.560. The number of hydrogen-bond donors (Lipinski definition) is 1. The molecule has 0 aromatic heterocycles. The summed E-state index contributed by atoms with van der Waals surface area (Å²) in [6.07, 6.45) is 3.79. The third-order valence-corrected chi connectivity index (χ3v) is 1.58. The molecule has 11 heavy (non-hydrogen) atoms. The van der Waals surface area contributed by atoms with Crippen molar-refractivity contribution in [3.63, 3.8) is 0 Å². The van der Waals surface area contributed by atoms with Gasteiger partial charge < -0.3 is 5.11 Å². The van der Waals surface area contributed by atoms with Crippen molar-refractivity contribution in [2.45, 2.75) is 33.3 Å². The first-order chi connectivity index (χ1) is 4.88. The molecule has 0 amide bonds. The van der Waals surface area contributed by atoms with Crippen LogP contribution in [0.3, 0.4) is 0 Å². The summed E-state index contributed by atoms with van der Waals surface area (Å²) in [6, 6.07) is 0. The molecule has 0 aliphatic carbocycles. The van der Waals surface area contributed by atoms with Gasteiger partial charge in [0, 0.05) is 5.92 Å². The Morgan fingerprint density at radius 3 is 2.00 bits per heavy atom. The summed E-state index contributed by atoms with van der Waals surface area (Å²) in [7, 11) is 0. The van der Waals surface area contributed by atoms with Gasteiger partial charge in [-0.25, -0.2) is 0 Å². The van der Waals surface area contributed by atoms with Gasteiger partial charge in [-0.1, -0.05) is 17.7 Å². The number of aliphatic hydroxyl groups is 1. The molecule has 0 fully saturated rings. The van der Waals surface area contributed by atoms with Gasteiger partial charge in [0.15, 0.2) is 0 Å². The van der Waals surface area contributed by atoms with E-state index in [1.807, 2.05) is 19.9 Å². The van der Waals surface area contributed by atoms with Crippen LogP contribution in [0, 0.1) is 5.92 Å². The van der Waals surface area contributed by atoms with Crippen LogP contribution in [-0.4, -0.2) is 10.7 Å². The van der Waals surface area contributed by atoms with Crippen molar-refractivity contribution in [3.8, 4) is 0 Å². The Bertz CT molecular complexity index is 156. The standard InChI is InChI=1S/C10H18O/c1-6-9(7-8(2)3)10(4,5)11/h6-7,9,11H,1H2,2-5H3. The molecule has 64 valence electrons. The smallest absolute Gasteiger partial charge is 0.0688 e. The normalized spacial score (nSPS) is 13.9. The van der Waals surface area contributed by atoms with Gasteiger partial charge in [0.2, 0.25) is 0 Å². The van der Waals surface area contributed by atoms with E-state index in [1.54, 1.807) is 19.9 Å². The Labute approximate surface area is 69.4 Å². The third kappa shape index (κ3) is 3.99. The molecule has 0 aliphatic rings. The Balaban J connectivity index is 4.43. The SMILES string of the molecule is C=CC(C=C(C)C)C(C)(C)O. The highest BCUT2D eigenvalue weighted by atomic mass is 16.3. The van der Waals surface area contributed by atoms with E-state index in [0.29, 0.717) is 0 Å². The van der Waals surface area contributed by atoms with Gasteiger partial charge in [-0.3, -0.25) is 0 Å². The van der Waals surface area contributed by atoms with Crippen molar-refractivity contribution in [2.24, 2.45) is 5.92 Å². The van der Waals surface area contributed by atoms with E-state index in [-0.39, 0.29) is 5.92 Å². The van der Waals surface area contributed by atoms with Gasteiger partial charge >= 0.3 is 0 Å². The summed E-state index contributed by atoms with van der Waals surface area (Å²) in [5.74, 6) is 0.0486. The van der Waals surface area contributed by atoms with Crippen molar-refractivity contribution >= 4 is 0 Å². The second kappa shape index (κ2) is 3.72. The van der Waals surface area contributed by atoms with E-state index in [1.165, 1.54) is 5.57 Å². The minimum atomic E-state index is -0.695. The van der Waals surface area contributed by atoms with Crippen LogP contribution in [0.1, 0.15) is 27.7 Å². The fourth-order valence-electron chi connectivity index (χ4n) is 0.919. The van der Waals surface area contributed by atoms with Gasteiger partial charge in [-0.05, 0) is 27.7 Å². The maximum atomic E-state index is 9.61. The molecule has 0 aliphatic heterocycles. The summed E-state index contributed by atoms with van der Waals surface area (Å²) in [5, 5.41) is 9.61. The average Bonchev–Trinajstić information content (AvgIpc) is 1.79. The predicted molar refractivity (Wildman–Crippen MR) is 49.4 cm³/mol. The third-order valence-electron chi connectivity index (χ3n) is 1.58. The quantitative estimate of drug-likeness (QED) is 0.619. The molecule has 0 aromatic rings. The first-order valence-electron chi connectivity index (χ1n) is 3.88. The molecule has 0 aromatic carbocycles. The number of rotatable bonds is 3. The molecule has 1 N–H and O–H groups in total. The summed E-state index contributed by atoms with van der Waals surface area (Å²) < 4.78 is 0. The topological polar surface area (TPSA) is 20.2 Å². The Morgan fingerprint density at radius 1 is 1.45 bits per heavy atom. The van der Waals surface area contributed by atoms with Crippen LogP contribution in [0.15, 0.2) is 24.3 Å². The van der Waals surface area contributed by atoms with Gasteiger partial charge in [0.25, 0.3) is 0 Å². The molecule has 0 saturated heterocycles. The molecular weight excluding hydrogens is 136 g/mol. The zero-order valence-electron chi connectivity index (χ0n) is 7.89. The molecule has 1 heteroatoms. The fraction of sp³-hybridized carbons (Fsp3) is 0.600. The predicted octanol–water partition coefficient (Wildman–Crippen LogP) is 2.53. The Kier molecular flexibility index (Phi) is 3.53. The lowest BCUT2D eigenvalue weighted by atomic mass is 9.90. The summed E-state index contributed by atoms with van der Waals surface area (Å²) in [5.41, 5.74) is 0.510. The van der Waals surface area contributed by atoms with Crippen LogP contribution in [0.2, 0.25) is 0 Å². The van der Waals surface area contributed by atoms with Gasteiger partial charge in [0.1, 0.15) is 0 Å². The first-order valence-corrected chi connectivity index (χ1v) is 3.88. The van der Waals surface area contributed by atoms with Gasteiger partial charge in [-0.2, -0.15) is 0 Å². The monoisotopic (exact) mass is 154 g/mol. The molecule has 0 radical (unpaired) electrons. The van der Waals surface area contributed by atoms with Crippen LogP contribution in [-0.2, 0) is 0 Å². The van der Waals surface area contributed by atoms with E-state index < -0.39 is 5.60 Å². The van der Waals surface area contributed by atoms with Crippen LogP contribution in [0.5, 0.6) is 0 Å². The minimum absolute atomic E-state index is 0.0486. The zero-order valence-corrected chi connectivity index (χ0v) is 7.89. The van der Waals surface area contributed by atoms with Crippen molar-refractivity contribution < 1.29 is 5.11 Å². The molecule has 1 atom stereocenters. The number of hydrogen-bond acceptors (Lipinski definition) is 1. The van der Waals surface area contributed by atoms with Crippen LogP contribution >= 0.6 is 0 Å². The second-order valence-electron chi connectivity index (χ2n) is 3.66. The van der Waals surface area contributed by atoms with Gasteiger partial charge in [-0.15, -0.1) is 6.58 Å². The average molecular weight is 154 g/mol. The van der Waals surface area contributed by atoms with Crippen molar-refractivity contribution in [1.82, 2.24) is 0 Å². The van der Waals surface area contributed by atoms with Crippen LogP contribution in [0.25, 0.3) is 0 Å². The van der Waals surface area contributed by atoms with Crippen molar-refractivity contribution in [1.29, 1.82) is 0 Å². The highest BCUT2D eigenvalue weighted by molar-refractivity contribution is 5.08. The lowest BCUT2D eigenvalue weighted by Gasteiger charge is -2.23. The van der Waals surface area contributed by atoms with E-state index in [0.717, 1.165) is 0 Å². The lowest BCUT2D eigenvalue weighted by molar-refractivity contribution is 0.0543. The van der Waals surface area contributed by atoms with Crippen LogP contribution < -0.4 is 0 Å². The summed E-state index contributed by atoms with van der Waals surface area (Å²) in [4.78, 5) is 0. The molecule has 0 spiro atoms. The van der Waals surface area contributed by atoms with Crippen molar-refractivity contribution in [2.75, 3.05) is 0 Å². The van der Waals surface area contributed by atoms with E-state index >= 15 is 0 Å². The highest BCUT2D eigenvalue weighted by Gasteiger charge is 2.21. The second-order valence-corrected chi connectivity index (χ2v) is 3.66. The lowest BCUT2D eigenvalue weighted by Crippen LogP contribution is -2.27. The molecule has 0 heterocycles. The van der Waals surface area contributed by atoms with Crippen LogP contribution in [0.4, 0.5) is 0 Å². The Morgan fingerprint density at radius 2 is 1.91 bits per heavy atom. The maximum Gasteiger partial charge on any atom is 0.0688 e. The fourth-order valence-corrected chi connectivity index (χ4v) is 0.919. The highest BCUT2D eigenvalue weighted by Crippen LogP contribution is 2.19. The van der Waals surface area contributed by atoms with E-state index in [4.69, 9.17) is 0 Å². The zero-order chi connectivity index (χ0) is 9.07. The molecule has 0 bridgehead atoms. The van der Waals surface area contributed by atoms with Gasteiger partial charge in [0.05, 0.1) is 5.60 Å². The largest absolute Gasteiger partial charge is 0.390 e. The maximum absolute atomic E-state index is 9.61. The molecular formula is C10H18O. The van der Waals surface area contributed by atoms with E-state index in [9.17, 15) is 5.11 Å². The molecule has 0 saturated carbocycles. The van der Waals surface area contributed by atoms with Crippen molar-refractivity contribution in [3.05, 3.63) is 24.3 Å². The minimum Gasteiger partial charge on any atom is -0.390 e. The molecule has 0 rings (SSSR count).